The molecule has 0 aliphatic rings. The van der Waals surface area contributed by atoms with Crippen molar-refractivity contribution in [2.45, 2.75) is 26.1 Å². The lowest BCUT2D eigenvalue weighted by molar-refractivity contribution is -0.139. The molecule has 0 atom stereocenters. The number of hydrogen-bond donors (Lipinski definition) is 1. The lowest BCUT2D eigenvalue weighted by atomic mass is 10.1. The van der Waals surface area contributed by atoms with E-state index in [2.05, 4.69) is 10.1 Å². The van der Waals surface area contributed by atoms with E-state index in [-0.39, 0.29) is 17.4 Å². The number of nitrogens with one attached hydrogen (secondary N) is 1. The normalized spacial score (nSPS) is 11.2. The molecule has 2 rings (SSSR count). The van der Waals surface area contributed by atoms with E-state index in [0.717, 1.165) is 6.07 Å². The minimum atomic E-state index is -4.55. The van der Waals surface area contributed by atoms with Crippen molar-refractivity contribution in [1.29, 1.82) is 0 Å². The van der Waals surface area contributed by atoms with Crippen molar-refractivity contribution < 1.29 is 27.4 Å². The summed E-state index contributed by atoms with van der Waals surface area (Å²) in [5.74, 6) is -0.307. The van der Waals surface area contributed by atoms with Crippen LogP contribution in [0.2, 0.25) is 5.02 Å². The lowest BCUT2D eigenvalue weighted by Crippen LogP contribution is -2.14. The predicted molar refractivity (Wildman–Crippen MR) is 92.6 cm³/mol. The Morgan fingerprint density at radius 1 is 1.23 bits per heavy atom. The van der Waals surface area contributed by atoms with Crippen LogP contribution in [0.5, 0.6) is 5.75 Å². The molecule has 0 saturated heterocycles. The van der Waals surface area contributed by atoms with E-state index in [1.807, 2.05) is 0 Å². The van der Waals surface area contributed by atoms with Crippen LogP contribution in [0.1, 0.15) is 23.6 Å². The van der Waals surface area contributed by atoms with Gasteiger partial charge in [-0.05, 0) is 36.2 Å². The maximum absolute atomic E-state index is 13.3. The highest BCUT2D eigenvalue weighted by Crippen LogP contribution is 2.38. The van der Waals surface area contributed by atoms with Gasteiger partial charge in [-0.25, -0.2) is 4.79 Å². The van der Waals surface area contributed by atoms with Gasteiger partial charge in [0.15, 0.2) is 0 Å². The fourth-order valence-corrected chi connectivity index (χ4v) is 2.51. The van der Waals surface area contributed by atoms with Gasteiger partial charge in [0.1, 0.15) is 12.4 Å². The molecule has 0 fully saturated rings. The van der Waals surface area contributed by atoms with Gasteiger partial charge in [0.25, 0.3) is 0 Å². The summed E-state index contributed by atoms with van der Waals surface area (Å²) in [6.07, 6.45) is -4.80. The van der Waals surface area contributed by atoms with E-state index in [9.17, 15) is 18.0 Å². The molecule has 0 aliphatic carbocycles. The molecule has 2 aromatic rings. The molecule has 0 saturated carbocycles. The SMILES string of the molecule is CCc1ccc(OCc2c(Cl)cccc2NC(=O)OC)c(C(F)(F)F)c1. The first kappa shape index (κ1) is 19.9. The Morgan fingerprint density at radius 3 is 2.58 bits per heavy atom. The average Bonchev–Trinajstić information content (AvgIpc) is 2.60. The smallest absolute Gasteiger partial charge is 0.419 e. The van der Waals surface area contributed by atoms with Crippen molar-refractivity contribution in [1.82, 2.24) is 0 Å². The molecular weight excluding hydrogens is 371 g/mol. The molecule has 140 valence electrons. The van der Waals surface area contributed by atoms with E-state index in [4.69, 9.17) is 16.3 Å². The van der Waals surface area contributed by atoms with Crippen molar-refractivity contribution in [3.05, 3.63) is 58.1 Å². The highest BCUT2D eigenvalue weighted by Gasteiger charge is 2.34. The summed E-state index contributed by atoms with van der Waals surface area (Å²) in [4.78, 5) is 11.4. The van der Waals surface area contributed by atoms with E-state index in [1.165, 1.54) is 13.2 Å². The van der Waals surface area contributed by atoms with Crippen molar-refractivity contribution in [2.75, 3.05) is 12.4 Å². The Kier molecular flexibility index (Phi) is 6.37. The van der Waals surface area contributed by atoms with Crippen LogP contribution in [0.3, 0.4) is 0 Å². The Morgan fingerprint density at radius 2 is 1.96 bits per heavy atom. The highest BCUT2D eigenvalue weighted by molar-refractivity contribution is 6.31. The Hall–Kier alpha value is -2.41. The molecule has 0 spiro atoms. The topological polar surface area (TPSA) is 47.6 Å². The third-order valence-corrected chi connectivity index (χ3v) is 4.02. The molecule has 8 heteroatoms. The zero-order valence-electron chi connectivity index (χ0n) is 14.1. The second kappa shape index (κ2) is 8.31. The quantitative estimate of drug-likeness (QED) is 0.718. The molecule has 0 aromatic heterocycles. The van der Waals surface area contributed by atoms with Crippen LogP contribution in [-0.2, 0) is 23.9 Å². The number of aryl methyl sites for hydroxylation is 1. The van der Waals surface area contributed by atoms with Crippen LogP contribution < -0.4 is 10.1 Å². The Bertz CT molecular complexity index is 794. The van der Waals surface area contributed by atoms with Gasteiger partial charge in [-0.3, -0.25) is 5.32 Å². The minimum absolute atomic E-state index is 0.248. The molecule has 0 bridgehead atoms. The maximum Gasteiger partial charge on any atom is 0.419 e. The molecule has 0 aliphatic heterocycles. The zero-order chi connectivity index (χ0) is 19.3. The van der Waals surface area contributed by atoms with Crippen molar-refractivity contribution >= 4 is 23.4 Å². The molecule has 4 nitrogen and oxygen atoms in total. The van der Waals surface area contributed by atoms with Crippen LogP contribution in [-0.4, -0.2) is 13.2 Å². The summed E-state index contributed by atoms with van der Waals surface area (Å²) in [5.41, 5.74) is 0.331. The fraction of sp³-hybridized carbons (Fsp3) is 0.278. The van der Waals surface area contributed by atoms with E-state index in [1.54, 1.807) is 31.2 Å². The fourth-order valence-electron chi connectivity index (χ4n) is 2.28. The molecule has 0 unspecified atom stereocenters. The molecule has 1 amide bonds. The average molecular weight is 388 g/mol. The van der Waals surface area contributed by atoms with Gasteiger partial charge in [-0.2, -0.15) is 13.2 Å². The van der Waals surface area contributed by atoms with Gasteiger partial charge in [-0.1, -0.05) is 30.7 Å². The molecule has 26 heavy (non-hydrogen) atoms. The van der Waals surface area contributed by atoms with Crippen molar-refractivity contribution in [3.8, 4) is 5.75 Å². The first-order chi connectivity index (χ1) is 12.3. The van der Waals surface area contributed by atoms with E-state index < -0.39 is 17.8 Å². The first-order valence-corrected chi connectivity index (χ1v) is 8.09. The summed E-state index contributed by atoms with van der Waals surface area (Å²) in [5, 5.41) is 2.70. The van der Waals surface area contributed by atoms with Crippen molar-refractivity contribution in [2.24, 2.45) is 0 Å². The van der Waals surface area contributed by atoms with Crippen LogP contribution >= 0.6 is 11.6 Å². The summed E-state index contributed by atoms with van der Waals surface area (Å²) >= 11 is 6.11. The van der Waals surface area contributed by atoms with Gasteiger partial charge in [-0.15, -0.1) is 0 Å². The molecule has 0 heterocycles. The summed E-state index contributed by atoms with van der Waals surface area (Å²) < 4.78 is 49.8. The third kappa shape index (κ3) is 4.82. The maximum atomic E-state index is 13.3. The van der Waals surface area contributed by atoms with Crippen molar-refractivity contribution in [3.63, 3.8) is 0 Å². The number of benzene rings is 2. The van der Waals surface area contributed by atoms with Gasteiger partial charge >= 0.3 is 12.3 Å². The minimum Gasteiger partial charge on any atom is -0.488 e. The zero-order valence-corrected chi connectivity index (χ0v) is 14.9. The van der Waals surface area contributed by atoms with Gasteiger partial charge < -0.3 is 9.47 Å². The van der Waals surface area contributed by atoms with Crippen LogP contribution in [0.4, 0.5) is 23.7 Å². The number of carbonyl (C=O) groups is 1. The summed E-state index contributed by atoms with van der Waals surface area (Å²) in [6, 6.07) is 8.61. The number of amides is 1. The van der Waals surface area contributed by atoms with Gasteiger partial charge in [0.2, 0.25) is 0 Å². The molecule has 2 aromatic carbocycles. The number of carbonyl (C=O) groups excluding carboxylic acids is 1. The number of halogens is 4. The number of hydrogen-bond acceptors (Lipinski definition) is 3. The van der Waals surface area contributed by atoms with Crippen LogP contribution in [0.25, 0.3) is 0 Å². The second-order valence-electron chi connectivity index (χ2n) is 5.35. The monoisotopic (exact) mass is 387 g/mol. The number of anilines is 1. The number of alkyl halides is 3. The standard InChI is InChI=1S/C18H17ClF3NO3/c1-3-11-7-8-16(13(9-11)18(20,21)22)26-10-12-14(19)5-4-6-15(12)23-17(24)25-2/h4-9H,3,10H2,1-2H3,(H,23,24). The number of methoxy groups -OCH3 is 1. The molecular formula is C18H17ClF3NO3. The van der Waals surface area contributed by atoms with E-state index in [0.29, 0.717) is 23.2 Å². The summed E-state index contributed by atoms with van der Waals surface area (Å²) in [7, 11) is 1.20. The molecule has 0 radical (unpaired) electrons. The third-order valence-electron chi connectivity index (χ3n) is 3.67. The first-order valence-electron chi connectivity index (χ1n) is 7.71. The second-order valence-corrected chi connectivity index (χ2v) is 5.76. The van der Waals surface area contributed by atoms with Gasteiger partial charge in [0, 0.05) is 10.6 Å². The van der Waals surface area contributed by atoms with Gasteiger partial charge in [0.05, 0.1) is 18.4 Å². The Labute approximate surface area is 153 Å². The largest absolute Gasteiger partial charge is 0.488 e. The molecule has 1 N–H and O–H groups in total. The Balaban J connectivity index is 2.31. The number of ether oxygens (including phenoxy) is 2. The highest BCUT2D eigenvalue weighted by atomic mass is 35.5. The van der Waals surface area contributed by atoms with Crippen LogP contribution in [0, 0.1) is 0 Å². The van der Waals surface area contributed by atoms with E-state index >= 15 is 0 Å². The number of rotatable bonds is 5. The lowest BCUT2D eigenvalue weighted by Gasteiger charge is -2.17. The predicted octanol–water partition coefficient (Wildman–Crippen LogP) is 5.68. The summed E-state index contributed by atoms with van der Waals surface area (Å²) in [6.45, 7) is 1.51. The van der Waals surface area contributed by atoms with Crippen LogP contribution in [0.15, 0.2) is 36.4 Å².